The number of aryl methyl sites for hydroxylation is 2. The Balaban J connectivity index is 1.35. The molecule has 0 unspecified atom stereocenters. The Morgan fingerprint density at radius 2 is 1.90 bits per heavy atom. The summed E-state index contributed by atoms with van der Waals surface area (Å²) in [5.41, 5.74) is 0.429. The molecule has 2 aliphatic carbocycles. The van der Waals surface area contributed by atoms with Crippen molar-refractivity contribution in [3.63, 3.8) is 0 Å². The van der Waals surface area contributed by atoms with Crippen LogP contribution in [0.25, 0.3) is 10.8 Å². The average Bonchev–Trinajstić information content (AvgIpc) is 4.00. The molecule has 2 saturated carbocycles. The number of ketones is 1. The van der Waals surface area contributed by atoms with Crippen LogP contribution in [0.3, 0.4) is 0 Å². The maximum Gasteiger partial charge on any atom is 0.306 e. The second-order valence-electron chi connectivity index (χ2n) is 16.0. The number of amides is 2. The van der Waals surface area contributed by atoms with Crippen molar-refractivity contribution in [3.05, 3.63) is 48.2 Å². The van der Waals surface area contributed by atoms with Crippen LogP contribution in [-0.2, 0) is 46.8 Å². The predicted octanol–water partition coefficient (Wildman–Crippen LogP) is 5.23. The van der Waals surface area contributed by atoms with Gasteiger partial charge in [-0.25, -0.2) is 13.4 Å². The standard InChI is InChI=1S/C39H51N3O8S/c1-6-25-17-24-11-9-8-10-16-49-34(44)20-31(38(3,4)5)36(45)42-23-27(50-35-30(18-24)29(25)14-15-40-35)19-32(42)33(43)22-39(21-26(39)7-2)37(46)41-51(47,48)28-12-13-28/h7,14-15,17-18,26-28,31-32H,2,6,8-13,16,19-23H2,1,3-5H3,(H,41,46)/t26-,27-,31-,32+,39-/m1/s1. The van der Waals surface area contributed by atoms with Crippen molar-refractivity contribution in [1.29, 1.82) is 0 Å². The third kappa shape index (κ3) is 7.85. The van der Waals surface area contributed by atoms with Crippen LogP contribution in [0.2, 0.25) is 0 Å². The summed E-state index contributed by atoms with van der Waals surface area (Å²) in [4.78, 5) is 61.7. The quantitative estimate of drug-likeness (QED) is 0.286. The van der Waals surface area contributed by atoms with Crippen LogP contribution in [0, 0.1) is 22.7 Å². The molecule has 6 rings (SSSR count). The Bertz CT molecular complexity index is 1830. The molecule has 3 heterocycles. The van der Waals surface area contributed by atoms with Crippen LogP contribution >= 0.6 is 0 Å². The number of esters is 1. The van der Waals surface area contributed by atoms with E-state index < -0.39 is 56.0 Å². The third-order valence-corrected chi connectivity index (χ3v) is 13.0. The molecule has 4 aliphatic rings. The predicted molar refractivity (Wildman–Crippen MR) is 192 cm³/mol. The fourth-order valence-electron chi connectivity index (χ4n) is 7.81. The number of nitrogens with one attached hydrogen (secondary N) is 1. The number of aromatic nitrogens is 1. The summed E-state index contributed by atoms with van der Waals surface area (Å²) >= 11 is 0. The van der Waals surface area contributed by atoms with E-state index in [1.54, 1.807) is 12.3 Å². The summed E-state index contributed by atoms with van der Waals surface area (Å²) in [6.07, 6.45) is 7.91. The van der Waals surface area contributed by atoms with Gasteiger partial charge in [0, 0.05) is 24.4 Å². The lowest BCUT2D eigenvalue weighted by Crippen LogP contribution is -2.48. The molecule has 2 amide bonds. The number of ether oxygens (including phenoxy) is 2. The molecular formula is C39H51N3O8S. The Labute approximate surface area is 301 Å². The number of fused-ring (bicyclic) bond motifs is 3. The molecule has 276 valence electrons. The first-order valence-corrected chi connectivity index (χ1v) is 20.0. The van der Waals surface area contributed by atoms with Crippen LogP contribution in [0.1, 0.15) is 96.6 Å². The second kappa shape index (κ2) is 14.3. The maximum atomic E-state index is 14.5. The number of sulfonamides is 1. The smallest absolute Gasteiger partial charge is 0.306 e. The Morgan fingerprint density at radius 1 is 1.14 bits per heavy atom. The lowest BCUT2D eigenvalue weighted by Gasteiger charge is -2.34. The molecule has 1 aromatic heterocycles. The fourth-order valence-corrected chi connectivity index (χ4v) is 9.20. The van der Waals surface area contributed by atoms with Crippen LogP contribution < -0.4 is 9.46 Å². The molecule has 51 heavy (non-hydrogen) atoms. The lowest BCUT2D eigenvalue weighted by atomic mass is 9.77. The maximum absolute atomic E-state index is 14.5. The summed E-state index contributed by atoms with van der Waals surface area (Å²) < 4.78 is 39.9. The van der Waals surface area contributed by atoms with Crippen molar-refractivity contribution < 1.29 is 37.1 Å². The molecule has 5 atom stereocenters. The minimum absolute atomic E-state index is 0.0788. The van der Waals surface area contributed by atoms with Crippen molar-refractivity contribution in [2.75, 3.05) is 13.2 Å². The highest BCUT2D eigenvalue weighted by atomic mass is 32.2. The molecule has 1 N–H and O–H groups in total. The van der Waals surface area contributed by atoms with Gasteiger partial charge in [-0.15, -0.1) is 6.58 Å². The van der Waals surface area contributed by atoms with Crippen LogP contribution in [0.15, 0.2) is 37.1 Å². The van der Waals surface area contributed by atoms with E-state index in [1.807, 2.05) is 26.8 Å². The third-order valence-electron chi connectivity index (χ3n) is 11.2. The topological polar surface area (TPSA) is 149 Å². The first-order chi connectivity index (χ1) is 24.2. The van der Waals surface area contributed by atoms with E-state index in [2.05, 4.69) is 35.3 Å². The number of nitrogens with zero attached hydrogens (tertiary/aromatic N) is 2. The second-order valence-corrected chi connectivity index (χ2v) is 17.9. The summed E-state index contributed by atoms with van der Waals surface area (Å²) in [6, 6.07) is 5.35. The Hall–Kier alpha value is -3.80. The van der Waals surface area contributed by atoms with Crippen molar-refractivity contribution >= 4 is 44.4 Å². The van der Waals surface area contributed by atoms with Gasteiger partial charge in [-0.2, -0.15) is 0 Å². The molecule has 0 spiro atoms. The highest BCUT2D eigenvalue weighted by Crippen LogP contribution is 2.57. The van der Waals surface area contributed by atoms with Crippen LogP contribution in [0.5, 0.6) is 5.88 Å². The number of carbonyl (C=O) groups excluding carboxylic acids is 4. The van der Waals surface area contributed by atoms with Gasteiger partial charge < -0.3 is 14.4 Å². The van der Waals surface area contributed by atoms with E-state index in [-0.39, 0.29) is 56.4 Å². The van der Waals surface area contributed by atoms with Gasteiger partial charge in [-0.3, -0.25) is 23.9 Å². The zero-order valence-electron chi connectivity index (χ0n) is 30.2. The molecular weight excluding hydrogens is 671 g/mol. The highest BCUT2D eigenvalue weighted by Gasteiger charge is 2.61. The monoisotopic (exact) mass is 721 g/mol. The summed E-state index contributed by atoms with van der Waals surface area (Å²) in [6.45, 7) is 11.9. The zero-order valence-corrected chi connectivity index (χ0v) is 31.1. The van der Waals surface area contributed by atoms with Crippen LogP contribution in [-0.4, -0.2) is 72.4 Å². The molecule has 4 bridgehead atoms. The normalized spacial score (nSPS) is 27.6. The van der Waals surface area contributed by atoms with E-state index in [4.69, 9.17) is 9.47 Å². The number of rotatable bonds is 8. The van der Waals surface area contributed by atoms with E-state index in [0.29, 0.717) is 25.1 Å². The number of carbonyl (C=O) groups is 4. The van der Waals surface area contributed by atoms with Gasteiger partial charge in [0.15, 0.2) is 5.78 Å². The number of allylic oxidation sites excluding steroid dienone is 1. The number of Topliss-reactive ketones (excluding diaryl/α,β-unsaturated/α-hetero) is 1. The van der Waals surface area contributed by atoms with E-state index in [9.17, 15) is 27.6 Å². The minimum Gasteiger partial charge on any atom is -0.472 e. The van der Waals surface area contributed by atoms with E-state index >= 15 is 0 Å². The summed E-state index contributed by atoms with van der Waals surface area (Å²) in [7, 11) is -3.83. The molecule has 2 aromatic rings. The van der Waals surface area contributed by atoms with Gasteiger partial charge in [-0.05, 0) is 91.3 Å². The number of benzene rings is 1. The fraction of sp³-hybridized carbons (Fsp3) is 0.615. The van der Waals surface area contributed by atoms with Crippen molar-refractivity contribution in [2.45, 2.75) is 116 Å². The molecule has 1 saturated heterocycles. The van der Waals surface area contributed by atoms with Crippen LogP contribution in [0.4, 0.5) is 0 Å². The lowest BCUT2D eigenvalue weighted by molar-refractivity contribution is -0.153. The number of hydrogen-bond donors (Lipinski definition) is 1. The highest BCUT2D eigenvalue weighted by molar-refractivity contribution is 7.90. The number of cyclic esters (lactones) is 1. The van der Waals surface area contributed by atoms with Gasteiger partial charge in [0.1, 0.15) is 6.10 Å². The Morgan fingerprint density at radius 3 is 2.57 bits per heavy atom. The molecule has 11 nitrogen and oxygen atoms in total. The molecule has 2 aliphatic heterocycles. The van der Waals surface area contributed by atoms with Crippen molar-refractivity contribution in [1.82, 2.24) is 14.6 Å². The van der Waals surface area contributed by atoms with Gasteiger partial charge in [0.05, 0.1) is 42.2 Å². The number of hydrogen-bond acceptors (Lipinski definition) is 9. The molecule has 0 radical (unpaired) electrons. The Kier molecular flexibility index (Phi) is 10.4. The largest absolute Gasteiger partial charge is 0.472 e. The average molecular weight is 722 g/mol. The van der Waals surface area contributed by atoms with E-state index in [0.717, 1.165) is 42.0 Å². The minimum atomic E-state index is -3.83. The SMILES string of the molecule is C=C[C@@H]1C[C@]1(CC(=O)[C@@H]1C[C@@H]2CN1C(=O)[C@H](C(C)(C)C)CC(=O)OCCCCCc1cc(CC)c3ccnc(c3c1)O2)C(=O)NS(=O)(=O)C1CC1. The zero-order chi connectivity index (χ0) is 36.7. The summed E-state index contributed by atoms with van der Waals surface area (Å²) in [5.74, 6) is -2.62. The summed E-state index contributed by atoms with van der Waals surface area (Å²) in [5, 5.41) is 1.32. The molecule has 1 aromatic carbocycles. The van der Waals surface area contributed by atoms with Gasteiger partial charge in [0.25, 0.3) is 0 Å². The van der Waals surface area contributed by atoms with Gasteiger partial charge in [-0.1, -0.05) is 39.8 Å². The first-order valence-electron chi connectivity index (χ1n) is 18.4. The first kappa shape index (κ1) is 37.0. The van der Waals surface area contributed by atoms with Gasteiger partial charge in [0.2, 0.25) is 27.7 Å². The van der Waals surface area contributed by atoms with Gasteiger partial charge >= 0.3 is 5.97 Å². The van der Waals surface area contributed by atoms with E-state index in [1.165, 1.54) is 10.5 Å². The van der Waals surface area contributed by atoms with Crippen molar-refractivity contribution in [2.24, 2.45) is 22.7 Å². The molecule has 3 fully saturated rings. The number of pyridine rings is 1. The van der Waals surface area contributed by atoms with Crippen molar-refractivity contribution in [3.8, 4) is 5.88 Å². The molecule has 12 heteroatoms.